The second-order valence-electron chi connectivity index (χ2n) is 21.2. The highest BCUT2D eigenvalue weighted by molar-refractivity contribution is 6.04. The van der Waals surface area contributed by atoms with Gasteiger partial charge in [0, 0.05) is 13.1 Å². The van der Waals surface area contributed by atoms with Gasteiger partial charge in [-0.1, -0.05) is 201 Å². The Kier molecular flexibility index (Phi) is 22.2. The van der Waals surface area contributed by atoms with E-state index in [0.29, 0.717) is 43.1 Å². The lowest BCUT2D eigenvalue weighted by atomic mass is 9.80. The topological polar surface area (TPSA) is 220 Å². The monoisotopic (exact) mass is 1180 g/mol. The number of nitrogens with zero attached hydrogens (tertiary/aromatic N) is 3. The van der Waals surface area contributed by atoms with Crippen molar-refractivity contribution in [1.82, 2.24) is 25.8 Å². The Morgan fingerprint density at radius 3 is 1.53 bits per heavy atom. The first-order chi connectivity index (χ1) is 42.9. The van der Waals surface area contributed by atoms with Gasteiger partial charge in [-0.3, -0.25) is 44.6 Å². The highest BCUT2D eigenvalue weighted by Crippen LogP contribution is 2.35. The molecule has 5 N–H and O–H groups in total. The molecule has 8 aromatic rings. The first-order valence-corrected chi connectivity index (χ1v) is 29.4. The first-order valence-electron chi connectivity index (χ1n) is 29.4. The number of amides is 6. The van der Waals surface area contributed by atoms with Crippen molar-refractivity contribution >= 4 is 69.4 Å². The van der Waals surface area contributed by atoms with Crippen molar-refractivity contribution in [2.24, 2.45) is 22.6 Å². The molecule has 0 unspecified atom stereocenters. The van der Waals surface area contributed by atoms with Crippen molar-refractivity contribution in [2.45, 2.75) is 63.8 Å². The Labute approximate surface area is 511 Å². The average Bonchev–Trinajstić information content (AvgIpc) is 1.05. The van der Waals surface area contributed by atoms with Gasteiger partial charge in [-0.05, 0) is 107 Å². The number of benzene rings is 8. The van der Waals surface area contributed by atoms with E-state index in [2.05, 4.69) is 39.7 Å². The van der Waals surface area contributed by atoms with Crippen LogP contribution in [0.4, 0.5) is 9.59 Å². The molecule has 2 heterocycles. The summed E-state index contributed by atoms with van der Waals surface area (Å²) in [5.41, 5.74) is 9.26. The third-order valence-corrected chi connectivity index (χ3v) is 15.0. The summed E-state index contributed by atoms with van der Waals surface area (Å²) in [4.78, 5) is 85.1. The maximum absolute atomic E-state index is 13.4. The van der Waals surface area contributed by atoms with Crippen LogP contribution in [0.25, 0.3) is 27.6 Å². The maximum atomic E-state index is 13.4. The number of fused-ring (bicyclic) bond motifs is 2. The standard InChI is InChI=1S/C43H40N4O7.C28H31N3O3/c48-39(30-52-36-24-23-34-19-10-11-20-35(34)27-36)47-38(25-22-31-13-4-1-5-14-31)37(40(47)49)21-12-26-44-41(45-42(50)53-28-32-15-6-2-7-16-32)46-43(51)54-29-33-17-8-3-9-18-33;1-20(29)30-17-7-12-25-26(16-13-21-8-3-2-4-9-21)31(28(25)33)27(32)19-34-24-15-14-22-10-5-6-11-23(22)18-24/h1-11,13-20,22-25,27,37-38H,12,21,26,28-30H2,(H2,44,45,46,50,51);2-6,8-11,14-15,18,25-26,30H,1,7,12-13,16-17,19,29H2/t37-,38+;25-,26+/m11/s1. The summed E-state index contributed by atoms with van der Waals surface area (Å²) in [7, 11) is 0. The molecule has 2 aliphatic rings. The number of alkyl carbamates (subject to hydrolysis) is 2. The van der Waals surface area contributed by atoms with E-state index in [1.165, 1.54) is 15.4 Å². The number of likely N-dealkylation sites (tertiary alicyclic amines) is 2. The summed E-state index contributed by atoms with van der Waals surface area (Å²) in [6.45, 7) is 4.01. The van der Waals surface area contributed by atoms with Gasteiger partial charge in [-0.25, -0.2) is 9.59 Å². The lowest BCUT2D eigenvalue weighted by molar-refractivity contribution is -0.168. The number of ether oxygens (including phenoxy) is 4. The summed E-state index contributed by atoms with van der Waals surface area (Å²) < 4.78 is 22.2. The quantitative estimate of drug-likeness (QED) is 0.0192. The zero-order valence-corrected chi connectivity index (χ0v) is 48.8. The van der Waals surface area contributed by atoms with Crippen molar-refractivity contribution in [3.05, 3.63) is 247 Å². The van der Waals surface area contributed by atoms with Gasteiger partial charge in [-0.2, -0.15) is 0 Å². The van der Waals surface area contributed by atoms with Crippen LogP contribution in [0.1, 0.15) is 54.4 Å². The summed E-state index contributed by atoms with van der Waals surface area (Å²) >= 11 is 0. The fourth-order valence-electron chi connectivity index (χ4n) is 10.5. The SMILES string of the molecule is C=C(N)NCCC[C@H]1C(=O)N(C(=O)COc2ccc3ccccc3c2)[C@H]1CCc1ccccc1.O=C(NC(=NCCC[C@H]1C(=O)N(C(=O)COc2ccc3ccccc3c2)[C@H]1C=Cc1ccccc1)NC(=O)OCc1ccccc1)OCc1ccccc1. The smallest absolute Gasteiger partial charge is 0.414 e. The number of nitrogens with one attached hydrogen (secondary N) is 3. The highest BCUT2D eigenvalue weighted by atomic mass is 16.6. The van der Waals surface area contributed by atoms with Crippen molar-refractivity contribution < 1.29 is 47.7 Å². The van der Waals surface area contributed by atoms with Crippen LogP contribution >= 0.6 is 0 Å². The number of carbonyl (C=O) groups is 6. The highest BCUT2D eigenvalue weighted by Gasteiger charge is 2.50. The van der Waals surface area contributed by atoms with E-state index in [0.717, 1.165) is 57.5 Å². The molecule has 0 saturated carbocycles. The Hall–Kier alpha value is -10.6. The van der Waals surface area contributed by atoms with Crippen LogP contribution in [0.2, 0.25) is 0 Å². The fourth-order valence-corrected chi connectivity index (χ4v) is 10.5. The zero-order valence-electron chi connectivity index (χ0n) is 48.8. The molecule has 0 aromatic heterocycles. The van der Waals surface area contributed by atoms with Gasteiger partial charge in [0.05, 0.1) is 29.7 Å². The first kappa shape index (κ1) is 62.0. The lowest BCUT2D eigenvalue weighted by Crippen LogP contribution is -2.64. The van der Waals surface area contributed by atoms with Crippen LogP contribution in [-0.4, -0.2) is 90.0 Å². The van der Waals surface area contributed by atoms with Gasteiger partial charge in [0.2, 0.25) is 17.8 Å². The minimum Gasteiger partial charge on any atom is -0.484 e. The predicted molar refractivity (Wildman–Crippen MR) is 339 cm³/mol. The number of hydrogen-bond donors (Lipinski definition) is 4. The van der Waals surface area contributed by atoms with E-state index >= 15 is 0 Å². The number of aliphatic imine (C=N–C) groups is 1. The molecule has 17 nitrogen and oxygen atoms in total. The molecule has 88 heavy (non-hydrogen) atoms. The van der Waals surface area contributed by atoms with Gasteiger partial charge in [-0.15, -0.1) is 0 Å². The molecular formula is C71H71N7O10. The molecule has 450 valence electrons. The third-order valence-electron chi connectivity index (χ3n) is 15.0. The molecule has 2 fully saturated rings. The molecule has 4 atom stereocenters. The average molecular weight is 1180 g/mol. The maximum Gasteiger partial charge on any atom is 0.414 e. The predicted octanol–water partition coefficient (Wildman–Crippen LogP) is 11.3. The summed E-state index contributed by atoms with van der Waals surface area (Å²) in [6, 6.07) is 64.6. The second kappa shape index (κ2) is 31.5. The number of nitrogens with two attached hydrogens (primary N) is 1. The molecule has 0 bridgehead atoms. The van der Waals surface area contributed by atoms with Gasteiger partial charge in [0.15, 0.2) is 13.2 Å². The van der Waals surface area contributed by atoms with Crippen LogP contribution in [0, 0.1) is 11.8 Å². The lowest BCUT2D eigenvalue weighted by Gasteiger charge is -2.46. The van der Waals surface area contributed by atoms with E-state index in [4.69, 9.17) is 24.7 Å². The van der Waals surface area contributed by atoms with E-state index in [1.54, 1.807) is 6.07 Å². The van der Waals surface area contributed by atoms with Crippen LogP contribution < -0.4 is 31.2 Å². The van der Waals surface area contributed by atoms with Gasteiger partial charge in [0.1, 0.15) is 24.7 Å². The van der Waals surface area contributed by atoms with E-state index in [9.17, 15) is 28.8 Å². The fraction of sp³-hybridized carbons (Fsp3) is 0.225. The van der Waals surface area contributed by atoms with Crippen LogP contribution in [0.3, 0.4) is 0 Å². The number of guanidine groups is 1. The molecule has 2 aliphatic heterocycles. The summed E-state index contributed by atoms with van der Waals surface area (Å²) in [5, 5.41) is 12.1. The molecular weight excluding hydrogens is 1110 g/mol. The summed E-state index contributed by atoms with van der Waals surface area (Å²) in [5.74, 6) is -0.391. The molecule has 6 amide bonds. The van der Waals surface area contributed by atoms with Crippen molar-refractivity contribution in [1.29, 1.82) is 0 Å². The normalized spacial score (nSPS) is 15.8. The van der Waals surface area contributed by atoms with Gasteiger partial charge in [0.25, 0.3) is 11.8 Å². The van der Waals surface area contributed by atoms with E-state index < -0.39 is 30.1 Å². The van der Waals surface area contributed by atoms with Crippen molar-refractivity contribution in [3.8, 4) is 11.5 Å². The van der Waals surface area contributed by atoms with Crippen molar-refractivity contribution in [2.75, 3.05) is 26.3 Å². The molecule has 0 aliphatic carbocycles. The number of hydrogen-bond acceptors (Lipinski definition) is 13. The molecule has 17 heteroatoms. The van der Waals surface area contributed by atoms with Crippen LogP contribution in [0.5, 0.6) is 11.5 Å². The molecule has 0 spiro atoms. The van der Waals surface area contributed by atoms with E-state index in [1.807, 2.05) is 200 Å². The molecule has 8 aromatic carbocycles. The Bertz CT molecular complexity index is 3680. The summed E-state index contributed by atoms with van der Waals surface area (Å²) in [6.07, 6.45) is 5.94. The second-order valence-corrected chi connectivity index (χ2v) is 21.2. The van der Waals surface area contributed by atoms with Gasteiger partial charge >= 0.3 is 12.2 Å². The van der Waals surface area contributed by atoms with Crippen LogP contribution in [-0.2, 0) is 48.3 Å². The number of imide groups is 2. The Morgan fingerprint density at radius 2 is 1.00 bits per heavy atom. The van der Waals surface area contributed by atoms with E-state index in [-0.39, 0.29) is 68.6 Å². The zero-order chi connectivity index (χ0) is 61.5. The third kappa shape index (κ3) is 17.8. The molecule has 2 saturated heterocycles. The minimum absolute atomic E-state index is 0.0165. The Balaban J connectivity index is 0.000000232. The van der Waals surface area contributed by atoms with Gasteiger partial charge < -0.3 is 30.0 Å². The van der Waals surface area contributed by atoms with Crippen LogP contribution in [0.15, 0.2) is 230 Å². The minimum atomic E-state index is -0.818. The number of carbonyl (C=O) groups excluding carboxylic acids is 6. The number of aryl methyl sites for hydroxylation is 1. The largest absolute Gasteiger partial charge is 0.484 e. The number of rotatable bonds is 24. The van der Waals surface area contributed by atoms with Crippen molar-refractivity contribution in [3.63, 3.8) is 0 Å². The molecule has 10 rings (SSSR count). The number of β-lactam (4-membered cyclic amide) rings is 2. The Morgan fingerprint density at radius 1 is 0.534 bits per heavy atom. The molecule has 0 radical (unpaired) electrons.